The SMILES string of the molecule is C=Cc1cnn(-c2cc(C)cc(N3CCCC3=O)c2)c1. The van der Waals surface area contributed by atoms with Gasteiger partial charge >= 0.3 is 0 Å². The van der Waals surface area contributed by atoms with Gasteiger partial charge in [0.05, 0.1) is 11.9 Å². The highest BCUT2D eigenvalue weighted by atomic mass is 16.2. The monoisotopic (exact) mass is 267 g/mol. The molecule has 1 aliphatic heterocycles. The van der Waals surface area contributed by atoms with Gasteiger partial charge in [0.25, 0.3) is 0 Å². The van der Waals surface area contributed by atoms with E-state index in [4.69, 9.17) is 0 Å². The van der Waals surface area contributed by atoms with Crippen LogP contribution in [-0.2, 0) is 4.79 Å². The summed E-state index contributed by atoms with van der Waals surface area (Å²) in [5.74, 6) is 0.203. The molecule has 4 heteroatoms. The molecular weight excluding hydrogens is 250 g/mol. The van der Waals surface area contributed by atoms with Crippen molar-refractivity contribution in [1.82, 2.24) is 9.78 Å². The van der Waals surface area contributed by atoms with Gasteiger partial charge < -0.3 is 4.90 Å². The summed E-state index contributed by atoms with van der Waals surface area (Å²) in [6, 6.07) is 6.12. The molecule has 1 saturated heterocycles. The molecule has 0 unspecified atom stereocenters. The molecule has 4 nitrogen and oxygen atoms in total. The molecule has 1 amide bonds. The second kappa shape index (κ2) is 4.96. The fourth-order valence-corrected chi connectivity index (χ4v) is 2.54. The maximum atomic E-state index is 11.9. The van der Waals surface area contributed by atoms with E-state index in [0.29, 0.717) is 6.42 Å². The minimum Gasteiger partial charge on any atom is -0.312 e. The Labute approximate surface area is 118 Å². The third-order valence-corrected chi connectivity index (χ3v) is 3.53. The van der Waals surface area contributed by atoms with Crippen molar-refractivity contribution in [1.29, 1.82) is 0 Å². The van der Waals surface area contributed by atoms with Crippen LogP contribution in [0.15, 0.2) is 37.2 Å². The predicted molar refractivity (Wildman–Crippen MR) is 80.0 cm³/mol. The van der Waals surface area contributed by atoms with Crippen LogP contribution in [-0.4, -0.2) is 22.2 Å². The van der Waals surface area contributed by atoms with Crippen LogP contribution in [0.4, 0.5) is 5.69 Å². The molecule has 0 N–H and O–H groups in total. The second-order valence-electron chi connectivity index (χ2n) is 5.10. The average molecular weight is 267 g/mol. The van der Waals surface area contributed by atoms with E-state index in [1.807, 2.05) is 34.8 Å². The van der Waals surface area contributed by atoms with Crippen LogP contribution >= 0.6 is 0 Å². The van der Waals surface area contributed by atoms with E-state index in [1.54, 1.807) is 12.3 Å². The van der Waals surface area contributed by atoms with Crippen LogP contribution in [0.2, 0.25) is 0 Å². The molecule has 1 aliphatic rings. The number of nitrogens with zero attached hydrogens (tertiary/aromatic N) is 3. The van der Waals surface area contributed by atoms with E-state index in [9.17, 15) is 4.79 Å². The van der Waals surface area contributed by atoms with Crippen LogP contribution in [0, 0.1) is 6.92 Å². The van der Waals surface area contributed by atoms with Gasteiger partial charge in [-0.3, -0.25) is 4.79 Å². The number of aryl methyl sites for hydroxylation is 1. The molecule has 0 spiro atoms. The van der Waals surface area contributed by atoms with Crippen molar-refractivity contribution < 1.29 is 4.79 Å². The molecule has 1 aromatic carbocycles. The Kier molecular flexibility index (Phi) is 3.14. The molecule has 2 aromatic rings. The Morgan fingerprint density at radius 2 is 2.10 bits per heavy atom. The number of carbonyl (C=O) groups is 1. The molecule has 3 rings (SSSR count). The Balaban J connectivity index is 2.01. The lowest BCUT2D eigenvalue weighted by Crippen LogP contribution is -2.23. The van der Waals surface area contributed by atoms with Gasteiger partial charge in [-0.15, -0.1) is 0 Å². The minimum absolute atomic E-state index is 0.203. The summed E-state index contributed by atoms with van der Waals surface area (Å²) in [4.78, 5) is 13.7. The van der Waals surface area contributed by atoms with Crippen molar-refractivity contribution in [2.45, 2.75) is 19.8 Å². The molecular formula is C16H17N3O. The van der Waals surface area contributed by atoms with Gasteiger partial charge in [0.1, 0.15) is 0 Å². The highest BCUT2D eigenvalue weighted by Gasteiger charge is 2.22. The topological polar surface area (TPSA) is 38.1 Å². The van der Waals surface area contributed by atoms with Crippen molar-refractivity contribution in [3.8, 4) is 5.69 Å². The van der Waals surface area contributed by atoms with E-state index in [2.05, 4.69) is 17.7 Å². The first-order chi connectivity index (χ1) is 9.67. The number of carbonyl (C=O) groups excluding carboxylic acids is 1. The molecule has 102 valence electrons. The van der Waals surface area contributed by atoms with E-state index in [0.717, 1.165) is 35.5 Å². The second-order valence-corrected chi connectivity index (χ2v) is 5.10. The fraction of sp³-hybridized carbons (Fsp3) is 0.250. The summed E-state index contributed by atoms with van der Waals surface area (Å²) in [7, 11) is 0. The van der Waals surface area contributed by atoms with Gasteiger partial charge in [-0.2, -0.15) is 5.10 Å². The Morgan fingerprint density at radius 3 is 2.75 bits per heavy atom. The summed E-state index contributed by atoms with van der Waals surface area (Å²) in [6.45, 7) is 6.58. The lowest BCUT2D eigenvalue weighted by molar-refractivity contribution is -0.117. The Morgan fingerprint density at radius 1 is 1.30 bits per heavy atom. The normalized spacial score (nSPS) is 14.8. The number of amides is 1. The third-order valence-electron chi connectivity index (χ3n) is 3.53. The zero-order chi connectivity index (χ0) is 14.1. The zero-order valence-electron chi connectivity index (χ0n) is 11.5. The molecule has 1 aromatic heterocycles. The molecule has 1 fully saturated rings. The smallest absolute Gasteiger partial charge is 0.227 e. The molecule has 0 radical (unpaired) electrons. The Bertz CT molecular complexity index is 672. The number of hydrogen-bond donors (Lipinski definition) is 0. The molecule has 0 bridgehead atoms. The number of aromatic nitrogens is 2. The van der Waals surface area contributed by atoms with Crippen molar-refractivity contribution in [3.63, 3.8) is 0 Å². The lowest BCUT2D eigenvalue weighted by Gasteiger charge is -2.17. The number of hydrogen-bond acceptors (Lipinski definition) is 2. The first-order valence-electron chi connectivity index (χ1n) is 6.77. The largest absolute Gasteiger partial charge is 0.312 e. The Hall–Kier alpha value is -2.36. The number of anilines is 1. The quantitative estimate of drug-likeness (QED) is 0.857. The van der Waals surface area contributed by atoms with Crippen molar-refractivity contribution in [2.75, 3.05) is 11.4 Å². The first kappa shape index (κ1) is 12.7. The van der Waals surface area contributed by atoms with E-state index < -0.39 is 0 Å². The fourth-order valence-electron chi connectivity index (χ4n) is 2.54. The molecule has 0 atom stereocenters. The van der Waals surface area contributed by atoms with E-state index in [1.165, 1.54) is 0 Å². The molecule has 0 saturated carbocycles. The maximum absolute atomic E-state index is 11.9. The summed E-state index contributed by atoms with van der Waals surface area (Å²) in [6.07, 6.45) is 7.05. The van der Waals surface area contributed by atoms with E-state index >= 15 is 0 Å². The van der Waals surface area contributed by atoms with Gasteiger partial charge in [0, 0.05) is 30.4 Å². The zero-order valence-corrected chi connectivity index (χ0v) is 11.5. The predicted octanol–water partition coefficient (Wildman–Crippen LogP) is 2.95. The standard InChI is InChI=1S/C16H17N3O/c1-3-13-10-17-19(11-13)15-8-12(2)7-14(9-15)18-6-4-5-16(18)20/h3,7-11H,1,4-6H2,2H3. The lowest BCUT2D eigenvalue weighted by atomic mass is 10.2. The van der Waals surface area contributed by atoms with Crippen LogP contribution in [0.5, 0.6) is 0 Å². The van der Waals surface area contributed by atoms with Gasteiger partial charge in [0.15, 0.2) is 0 Å². The average Bonchev–Trinajstić information content (AvgIpc) is 3.06. The van der Waals surface area contributed by atoms with Gasteiger partial charge in [0.2, 0.25) is 5.91 Å². The highest BCUT2D eigenvalue weighted by molar-refractivity contribution is 5.95. The minimum atomic E-state index is 0.203. The van der Waals surface area contributed by atoms with Crippen LogP contribution in [0.1, 0.15) is 24.0 Å². The molecule has 0 aliphatic carbocycles. The first-order valence-corrected chi connectivity index (χ1v) is 6.77. The van der Waals surface area contributed by atoms with Crippen molar-refractivity contribution >= 4 is 17.7 Å². The van der Waals surface area contributed by atoms with Crippen LogP contribution < -0.4 is 4.90 Å². The summed E-state index contributed by atoms with van der Waals surface area (Å²) in [5, 5.41) is 4.33. The number of benzene rings is 1. The van der Waals surface area contributed by atoms with Crippen molar-refractivity contribution in [3.05, 3.63) is 48.3 Å². The van der Waals surface area contributed by atoms with Crippen LogP contribution in [0.3, 0.4) is 0 Å². The van der Waals surface area contributed by atoms with Crippen molar-refractivity contribution in [2.24, 2.45) is 0 Å². The number of rotatable bonds is 3. The third kappa shape index (κ3) is 2.25. The summed E-state index contributed by atoms with van der Waals surface area (Å²) >= 11 is 0. The summed E-state index contributed by atoms with van der Waals surface area (Å²) in [5.41, 5.74) is 4.02. The molecule has 2 heterocycles. The van der Waals surface area contributed by atoms with Gasteiger partial charge in [-0.25, -0.2) is 4.68 Å². The van der Waals surface area contributed by atoms with E-state index in [-0.39, 0.29) is 5.91 Å². The molecule has 20 heavy (non-hydrogen) atoms. The maximum Gasteiger partial charge on any atom is 0.227 e. The van der Waals surface area contributed by atoms with Gasteiger partial charge in [-0.05, 0) is 37.1 Å². The van der Waals surface area contributed by atoms with Gasteiger partial charge in [-0.1, -0.05) is 12.7 Å². The van der Waals surface area contributed by atoms with Crippen LogP contribution in [0.25, 0.3) is 11.8 Å². The highest BCUT2D eigenvalue weighted by Crippen LogP contribution is 2.25. The summed E-state index contributed by atoms with van der Waals surface area (Å²) < 4.78 is 1.81.